The smallest absolute Gasteiger partial charge is 0.163 e. The molecule has 0 radical (unpaired) electrons. The van der Waals surface area contributed by atoms with E-state index in [-0.39, 0.29) is 17.8 Å². The normalized spacial score (nSPS) is 12.6. The third-order valence-electron chi connectivity index (χ3n) is 2.53. The molecule has 1 aromatic rings. The van der Waals surface area contributed by atoms with Gasteiger partial charge < -0.3 is 15.2 Å². The first-order valence-electron chi connectivity index (χ1n) is 5.73. The summed E-state index contributed by atoms with van der Waals surface area (Å²) in [6.07, 6.45) is 0.00962. The summed E-state index contributed by atoms with van der Waals surface area (Å²) in [4.78, 5) is 0. The largest absolute Gasteiger partial charge is 0.493 e. The van der Waals surface area contributed by atoms with Crippen molar-refractivity contribution in [1.29, 1.82) is 0 Å². The molecule has 17 heavy (non-hydrogen) atoms. The molecule has 0 aliphatic heterocycles. The fraction of sp³-hybridized carbons (Fsp3) is 0.538. The van der Waals surface area contributed by atoms with Gasteiger partial charge in [0.2, 0.25) is 0 Å². The number of ether oxygens (including phenoxy) is 2. The highest BCUT2D eigenvalue weighted by Gasteiger charge is 2.16. The van der Waals surface area contributed by atoms with E-state index < -0.39 is 0 Å². The lowest BCUT2D eigenvalue weighted by atomic mass is 10.00. The van der Waals surface area contributed by atoms with E-state index in [0.29, 0.717) is 23.6 Å². The summed E-state index contributed by atoms with van der Waals surface area (Å²) in [6, 6.07) is 3.02. The van der Waals surface area contributed by atoms with Crippen molar-refractivity contribution in [2.24, 2.45) is 5.73 Å². The maximum absolute atomic E-state index is 13.8. The fourth-order valence-electron chi connectivity index (χ4n) is 1.56. The van der Waals surface area contributed by atoms with Gasteiger partial charge in [-0.3, -0.25) is 0 Å². The van der Waals surface area contributed by atoms with Gasteiger partial charge in [-0.15, -0.1) is 0 Å². The van der Waals surface area contributed by atoms with Crippen LogP contribution in [0.5, 0.6) is 11.5 Å². The molecule has 1 aromatic carbocycles. The Hall–Kier alpha value is -1.29. The summed E-state index contributed by atoms with van der Waals surface area (Å²) in [6.45, 7) is 6.10. The lowest BCUT2D eigenvalue weighted by molar-refractivity contribution is 0.229. The molecule has 0 aromatic heterocycles. The van der Waals surface area contributed by atoms with Crippen LogP contribution < -0.4 is 15.2 Å². The predicted octanol–water partition coefficient (Wildman–Crippen LogP) is 2.68. The van der Waals surface area contributed by atoms with Gasteiger partial charge in [-0.2, -0.15) is 0 Å². The molecule has 1 unspecified atom stereocenters. The quantitative estimate of drug-likeness (QED) is 0.862. The highest BCUT2D eigenvalue weighted by molar-refractivity contribution is 5.45. The van der Waals surface area contributed by atoms with Gasteiger partial charge in [0, 0.05) is 6.07 Å². The van der Waals surface area contributed by atoms with Crippen molar-refractivity contribution in [3.8, 4) is 11.5 Å². The molecule has 0 aliphatic rings. The molecular formula is C13H20FNO2. The highest BCUT2D eigenvalue weighted by atomic mass is 19.1. The SMILES string of the molecule is COc1cc(F)c(C(C)CN)cc1OC(C)C. The molecule has 0 spiro atoms. The summed E-state index contributed by atoms with van der Waals surface area (Å²) in [5.41, 5.74) is 6.12. The second-order valence-corrected chi connectivity index (χ2v) is 4.33. The molecule has 0 heterocycles. The molecule has 1 atom stereocenters. The summed E-state index contributed by atoms with van der Waals surface area (Å²) in [5.74, 6) is 0.606. The Kier molecular flexibility index (Phi) is 4.75. The van der Waals surface area contributed by atoms with Crippen LogP contribution in [0.15, 0.2) is 12.1 Å². The first kappa shape index (κ1) is 13.8. The Bertz CT molecular complexity index is 380. The zero-order valence-corrected chi connectivity index (χ0v) is 10.8. The summed E-state index contributed by atoms with van der Waals surface area (Å²) < 4.78 is 24.5. The van der Waals surface area contributed by atoms with Gasteiger partial charge in [0.1, 0.15) is 5.82 Å². The van der Waals surface area contributed by atoms with Gasteiger partial charge in [0.05, 0.1) is 13.2 Å². The van der Waals surface area contributed by atoms with E-state index in [9.17, 15) is 4.39 Å². The number of hydrogen-bond acceptors (Lipinski definition) is 3. The highest BCUT2D eigenvalue weighted by Crippen LogP contribution is 2.33. The van der Waals surface area contributed by atoms with E-state index in [1.54, 1.807) is 6.07 Å². The lowest BCUT2D eigenvalue weighted by Crippen LogP contribution is -2.12. The van der Waals surface area contributed by atoms with Crippen molar-refractivity contribution in [2.75, 3.05) is 13.7 Å². The second-order valence-electron chi connectivity index (χ2n) is 4.33. The zero-order valence-electron chi connectivity index (χ0n) is 10.8. The Balaban J connectivity index is 3.17. The average Bonchev–Trinajstić information content (AvgIpc) is 2.29. The van der Waals surface area contributed by atoms with Crippen molar-refractivity contribution in [2.45, 2.75) is 32.8 Å². The van der Waals surface area contributed by atoms with Crippen LogP contribution >= 0.6 is 0 Å². The van der Waals surface area contributed by atoms with E-state index in [1.807, 2.05) is 20.8 Å². The lowest BCUT2D eigenvalue weighted by Gasteiger charge is -2.17. The minimum absolute atomic E-state index is 0.00962. The molecule has 1 rings (SSSR count). The van der Waals surface area contributed by atoms with Gasteiger partial charge in [-0.05, 0) is 37.9 Å². The van der Waals surface area contributed by atoms with Gasteiger partial charge in [-0.1, -0.05) is 6.92 Å². The van der Waals surface area contributed by atoms with Gasteiger partial charge in [-0.25, -0.2) is 4.39 Å². The van der Waals surface area contributed by atoms with Crippen LogP contribution in [-0.4, -0.2) is 19.8 Å². The van der Waals surface area contributed by atoms with E-state index in [0.717, 1.165) is 0 Å². The molecule has 0 saturated carbocycles. The molecule has 96 valence electrons. The minimum Gasteiger partial charge on any atom is -0.493 e. The molecule has 0 bridgehead atoms. The molecule has 0 aliphatic carbocycles. The number of methoxy groups -OCH3 is 1. The van der Waals surface area contributed by atoms with Gasteiger partial charge in [0.15, 0.2) is 11.5 Å². The maximum Gasteiger partial charge on any atom is 0.163 e. The van der Waals surface area contributed by atoms with Crippen molar-refractivity contribution >= 4 is 0 Å². The van der Waals surface area contributed by atoms with Crippen LogP contribution in [0.25, 0.3) is 0 Å². The number of benzene rings is 1. The monoisotopic (exact) mass is 241 g/mol. The van der Waals surface area contributed by atoms with Crippen LogP contribution in [0.4, 0.5) is 4.39 Å². The van der Waals surface area contributed by atoms with Crippen LogP contribution in [0.3, 0.4) is 0 Å². The molecule has 0 amide bonds. The number of nitrogens with two attached hydrogens (primary N) is 1. The first-order chi connectivity index (χ1) is 7.99. The topological polar surface area (TPSA) is 44.5 Å². The number of halogens is 1. The molecule has 0 saturated heterocycles. The van der Waals surface area contributed by atoms with E-state index in [1.165, 1.54) is 13.2 Å². The van der Waals surface area contributed by atoms with E-state index >= 15 is 0 Å². The third kappa shape index (κ3) is 3.33. The Morgan fingerprint density at radius 1 is 1.24 bits per heavy atom. The molecule has 0 fully saturated rings. The third-order valence-corrected chi connectivity index (χ3v) is 2.53. The van der Waals surface area contributed by atoms with Crippen LogP contribution in [0.2, 0.25) is 0 Å². The molecule has 3 nitrogen and oxygen atoms in total. The Morgan fingerprint density at radius 2 is 1.88 bits per heavy atom. The van der Waals surface area contributed by atoms with Crippen molar-refractivity contribution in [1.82, 2.24) is 0 Å². The summed E-state index contributed by atoms with van der Waals surface area (Å²) in [7, 11) is 1.49. The van der Waals surface area contributed by atoms with E-state index in [2.05, 4.69) is 0 Å². The van der Waals surface area contributed by atoms with Crippen LogP contribution in [-0.2, 0) is 0 Å². The zero-order chi connectivity index (χ0) is 13.0. The Morgan fingerprint density at radius 3 is 2.35 bits per heavy atom. The number of rotatable bonds is 5. The van der Waals surface area contributed by atoms with Crippen molar-refractivity contribution in [3.63, 3.8) is 0 Å². The van der Waals surface area contributed by atoms with E-state index in [4.69, 9.17) is 15.2 Å². The molecular weight excluding hydrogens is 221 g/mol. The number of hydrogen-bond donors (Lipinski definition) is 1. The average molecular weight is 241 g/mol. The van der Waals surface area contributed by atoms with Crippen molar-refractivity contribution < 1.29 is 13.9 Å². The maximum atomic E-state index is 13.8. The molecule has 2 N–H and O–H groups in total. The Labute approximate surface area is 102 Å². The standard InChI is InChI=1S/C13H20FNO2/c1-8(2)17-13-5-10(9(3)7-15)11(14)6-12(13)16-4/h5-6,8-9H,7,15H2,1-4H3. The summed E-state index contributed by atoms with van der Waals surface area (Å²) in [5, 5.41) is 0. The van der Waals surface area contributed by atoms with Crippen molar-refractivity contribution in [3.05, 3.63) is 23.5 Å². The summed E-state index contributed by atoms with van der Waals surface area (Å²) >= 11 is 0. The van der Waals surface area contributed by atoms with Gasteiger partial charge in [0.25, 0.3) is 0 Å². The molecule has 4 heteroatoms. The minimum atomic E-state index is -0.309. The predicted molar refractivity (Wildman–Crippen MR) is 66.2 cm³/mol. The second kappa shape index (κ2) is 5.87. The first-order valence-corrected chi connectivity index (χ1v) is 5.73. The fourth-order valence-corrected chi connectivity index (χ4v) is 1.56. The van der Waals surface area contributed by atoms with Crippen LogP contribution in [0.1, 0.15) is 32.3 Å². The van der Waals surface area contributed by atoms with Crippen LogP contribution in [0, 0.1) is 5.82 Å². The van der Waals surface area contributed by atoms with Gasteiger partial charge >= 0.3 is 0 Å².